The van der Waals surface area contributed by atoms with Gasteiger partial charge in [0.05, 0.1) is 0 Å². The van der Waals surface area contributed by atoms with Gasteiger partial charge >= 0.3 is 0 Å². The van der Waals surface area contributed by atoms with E-state index in [1.54, 1.807) is 18.2 Å². The fourth-order valence-corrected chi connectivity index (χ4v) is 1.63. The lowest BCUT2D eigenvalue weighted by molar-refractivity contribution is 0.299. The second-order valence-electron chi connectivity index (χ2n) is 3.94. The molecule has 0 atom stereocenters. The van der Waals surface area contributed by atoms with Crippen LogP contribution in [0.1, 0.15) is 5.56 Å². The van der Waals surface area contributed by atoms with E-state index in [2.05, 4.69) is 0 Å². The third-order valence-corrected chi connectivity index (χ3v) is 2.45. The van der Waals surface area contributed by atoms with Crippen molar-refractivity contribution >= 4 is 5.69 Å². The molecule has 0 saturated heterocycles. The highest BCUT2D eigenvalue weighted by Crippen LogP contribution is 2.24. The molecule has 94 valence electrons. The third-order valence-electron chi connectivity index (χ3n) is 2.45. The number of halogens is 1. The summed E-state index contributed by atoms with van der Waals surface area (Å²) in [6.45, 7) is 0.112. The Hall–Kier alpha value is -2.07. The Kier molecular flexibility index (Phi) is 3.79. The summed E-state index contributed by atoms with van der Waals surface area (Å²) >= 11 is 0. The van der Waals surface area contributed by atoms with Crippen molar-refractivity contribution in [3.63, 3.8) is 0 Å². The SMILES string of the molecule is Nc1cc(F)cc(Oc2ccc(CCO)cc2)c1. The number of aliphatic hydroxyl groups excluding tert-OH is 1. The molecule has 0 spiro atoms. The molecule has 2 aromatic rings. The number of nitrogen functional groups attached to an aromatic ring is 1. The lowest BCUT2D eigenvalue weighted by atomic mass is 10.1. The zero-order valence-electron chi connectivity index (χ0n) is 9.77. The van der Waals surface area contributed by atoms with E-state index in [1.165, 1.54) is 12.1 Å². The number of ether oxygens (including phenoxy) is 1. The standard InChI is InChI=1S/C14H14FNO2/c15-11-7-12(16)9-14(8-11)18-13-3-1-10(2-4-13)5-6-17/h1-4,7-9,17H,5-6,16H2. The number of hydrogen-bond donors (Lipinski definition) is 2. The molecular weight excluding hydrogens is 233 g/mol. The molecule has 0 heterocycles. The molecule has 0 bridgehead atoms. The van der Waals surface area contributed by atoms with Gasteiger partial charge in [-0.25, -0.2) is 4.39 Å². The minimum absolute atomic E-state index is 0.112. The second-order valence-corrected chi connectivity index (χ2v) is 3.94. The molecule has 0 aromatic heterocycles. The summed E-state index contributed by atoms with van der Waals surface area (Å²) in [6.07, 6.45) is 0.604. The van der Waals surface area contributed by atoms with Crippen molar-refractivity contribution < 1.29 is 14.2 Å². The van der Waals surface area contributed by atoms with Gasteiger partial charge in [-0.3, -0.25) is 0 Å². The minimum Gasteiger partial charge on any atom is -0.457 e. The summed E-state index contributed by atoms with van der Waals surface area (Å²) in [7, 11) is 0. The van der Waals surface area contributed by atoms with Crippen LogP contribution in [0.25, 0.3) is 0 Å². The Morgan fingerprint density at radius 3 is 2.39 bits per heavy atom. The van der Waals surface area contributed by atoms with E-state index in [1.807, 2.05) is 12.1 Å². The van der Waals surface area contributed by atoms with Crippen molar-refractivity contribution in [2.45, 2.75) is 6.42 Å². The number of rotatable bonds is 4. The molecule has 0 radical (unpaired) electrons. The van der Waals surface area contributed by atoms with Gasteiger partial charge in [-0.2, -0.15) is 0 Å². The van der Waals surface area contributed by atoms with E-state index < -0.39 is 5.82 Å². The Morgan fingerprint density at radius 2 is 1.78 bits per heavy atom. The van der Waals surface area contributed by atoms with Crippen LogP contribution in [-0.2, 0) is 6.42 Å². The third kappa shape index (κ3) is 3.21. The van der Waals surface area contributed by atoms with Crippen LogP contribution < -0.4 is 10.5 Å². The van der Waals surface area contributed by atoms with Crippen LogP contribution in [0.3, 0.4) is 0 Å². The predicted octanol–water partition coefficient (Wildman–Crippen LogP) is 2.74. The summed E-state index contributed by atoms with van der Waals surface area (Å²) in [5.41, 5.74) is 6.87. The maximum atomic E-state index is 13.1. The molecule has 0 aliphatic heterocycles. The Morgan fingerprint density at radius 1 is 1.06 bits per heavy atom. The van der Waals surface area contributed by atoms with Gasteiger partial charge in [0, 0.05) is 24.4 Å². The fraction of sp³-hybridized carbons (Fsp3) is 0.143. The molecule has 0 aliphatic rings. The van der Waals surface area contributed by atoms with Crippen LogP contribution in [0.15, 0.2) is 42.5 Å². The normalized spacial score (nSPS) is 10.3. The predicted molar refractivity (Wildman–Crippen MR) is 68.1 cm³/mol. The lowest BCUT2D eigenvalue weighted by Gasteiger charge is -2.07. The van der Waals surface area contributed by atoms with Gasteiger partial charge < -0.3 is 15.6 Å². The molecular formula is C14H14FNO2. The first-order valence-corrected chi connectivity index (χ1v) is 5.61. The maximum Gasteiger partial charge on any atom is 0.132 e. The monoisotopic (exact) mass is 247 g/mol. The molecule has 0 saturated carbocycles. The first-order valence-electron chi connectivity index (χ1n) is 5.61. The van der Waals surface area contributed by atoms with Crippen molar-refractivity contribution in [2.75, 3.05) is 12.3 Å². The number of aliphatic hydroxyl groups is 1. The van der Waals surface area contributed by atoms with Crippen molar-refractivity contribution in [1.82, 2.24) is 0 Å². The lowest BCUT2D eigenvalue weighted by Crippen LogP contribution is -1.92. The molecule has 3 N–H and O–H groups in total. The number of benzene rings is 2. The average molecular weight is 247 g/mol. The summed E-state index contributed by atoms with van der Waals surface area (Å²) in [5.74, 6) is 0.533. The van der Waals surface area contributed by atoms with E-state index in [-0.39, 0.29) is 6.61 Å². The van der Waals surface area contributed by atoms with Gasteiger partial charge in [0.1, 0.15) is 17.3 Å². The zero-order chi connectivity index (χ0) is 13.0. The highest BCUT2D eigenvalue weighted by atomic mass is 19.1. The zero-order valence-corrected chi connectivity index (χ0v) is 9.77. The van der Waals surface area contributed by atoms with Crippen LogP contribution >= 0.6 is 0 Å². The molecule has 18 heavy (non-hydrogen) atoms. The smallest absolute Gasteiger partial charge is 0.132 e. The molecule has 2 rings (SSSR count). The van der Waals surface area contributed by atoms with Crippen LogP contribution in [0, 0.1) is 5.82 Å². The number of anilines is 1. The molecule has 2 aromatic carbocycles. The van der Waals surface area contributed by atoms with Crippen LogP contribution in [-0.4, -0.2) is 11.7 Å². The van der Waals surface area contributed by atoms with Crippen molar-refractivity contribution in [1.29, 1.82) is 0 Å². The van der Waals surface area contributed by atoms with E-state index >= 15 is 0 Å². The van der Waals surface area contributed by atoms with Gasteiger partial charge in [-0.15, -0.1) is 0 Å². The van der Waals surface area contributed by atoms with Gasteiger partial charge in [-0.05, 0) is 30.2 Å². The first kappa shape index (κ1) is 12.4. The highest BCUT2D eigenvalue weighted by Gasteiger charge is 2.01. The Bertz CT molecular complexity index is 506. The maximum absolute atomic E-state index is 13.1. The molecule has 0 unspecified atom stereocenters. The molecule has 0 aliphatic carbocycles. The largest absolute Gasteiger partial charge is 0.457 e. The van der Waals surface area contributed by atoms with E-state index in [4.69, 9.17) is 15.6 Å². The van der Waals surface area contributed by atoms with Crippen molar-refractivity contribution in [2.24, 2.45) is 0 Å². The topological polar surface area (TPSA) is 55.5 Å². The van der Waals surface area contributed by atoms with E-state index in [0.717, 1.165) is 5.56 Å². The number of nitrogens with two attached hydrogens (primary N) is 1. The Labute approximate surface area is 105 Å². The summed E-state index contributed by atoms with van der Waals surface area (Å²) in [4.78, 5) is 0. The van der Waals surface area contributed by atoms with E-state index in [9.17, 15) is 4.39 Å². The Balaban J connectivity index is 2.13. The van der Waals surface area contributed by atoms with Crippen LogP contribution in [0.4, 0.5) is 10.1 Å². The van der Waals surface area contributed by atoms with Crippen molar-refractivity contribution in [3.8, 4) is 11.5 Å². The average Bonchev–Trinajstić information content (AvgIpc) is 2.31. The van der Waals surface area contributed by atoms with Gasteiger partial charge in [-0.1, -0.05) is 12.1 Å². The molecule has 0 fully saturated rings. The fourth-order valence-electron chi connectivity index (χ4n) is 1.63. The van der Waals surface area contributed by atoms with Gasteiger partial charge in [0.15, 0.2) is 0 Å². The minimum atomic E-state index is -0.429. The van der Waals surface area contributed by atoms with Crippen LogP contribution in [0.5, 0.6) is 11.5 Å². The summed E-state index contributed by atoms with van der Waals surface area (Å²) < 4.78 is 18.6. The molecule has 4 heteroatoms. The van der Waals surface area contributed by atoms with Crippen molar-refractivity contribution in [3.05, 3.63) is 53.8 Å². The second kappa shape index (κ2) is 5.51. The quantitative estimate of drug-likeness (QED) is 0.817. The van der Waals surface area contributed by atoms with E-state index in [0.29, 0.717) is 23.6 Å². The molecule has 3 nitrogen and oxygen atoms in total. The summed E-state index contributed by atoms with van der Waals surface area (Å²) in [5, 5.41) is 8.80. The van der Waals surface area contributed by atoms with Gasteiger partial charge in [0.2, 0.25) is 0 Å². The van der Waals surface area contributed by atoms with Crippen LogP contribution in [0.2, 0.25) is 0 Å². The highest BCUT2D eigenvalue weighted by molar-refractivity contribution is 5.46. The molecule has 0 amide bonds. The summed E-state index contributed by atoms with van der Waals surface area (Å²) in [6, 6.07) is 11.3. The first-order chi connectivity index (χ1) is 8.67. The van der Waals surface area contributed by atoms with Gasteiger partial charge in [0.25, 0.3) is 0 Å². The number of hydrogen-bond acceptors (Lipinski definition) is 3.